The molecule has 0 spiro atoms. The van der Waals surface area contributed by atoms with Gasteiger partial charge in [0, 0.05) is 37.8 Å². The zero-order chi connectivity index (χ0) is 18.5. The van der Waals surface area contributed by atoms with Crippen molar-refractivity contribution in [2.75, 3.05) is 40.8 Å². The zero-order valence-electron chi connectivity index (χ0n) is 15.8. The normalized spacial score (nSPS) is 17.7. The number of hydrogen-bond acceptors (Lipinski definition) is 4. The summed E-state index contributed by atoms with van der Waals surface area (Å²) in [7, 11) is 5.30. The molecule has 2 heterocycles. The van der Waals surface area contributed by atoms with Crippen molar-refractivity contribution in [1.29, 1.82) is 0 Å². The van der Waals surface area contributed by atoms with Crippen molar-refractivity contribution < 1.29 is 9.53 Å². The van der Waals surface area contributed by atoms with Gasteiger partial charge in [-0.25, -0.2) is 0 Å². The maximum absolute atomic E-state index is 12.0. The fourth-order valence-corrected chi connectivity index (χ4v) is 3.46. The van der Waals surface area contributed by atoms with Crippen LogP contribution in [0.3, 0.4) is 0 Å². The highest BCUT2D eigenvalue weighted by Crippen LogP contribution is 2.31. The van der Waals surface area contributed by atoms with Crippen LogP contribution in [0.5, 0.6) is 5.75 Å². The van der Waals surface area contributed by atoms with Gasteiger partial charge in [-0.05, 0) is 43.7 Å². The van der Waals surface area contributed by atoms with Crippen molar-refractivity contribution >= 4 is 5.91 Å². The van der Waals surface area contributed by atoms with Crippen LogP contribution in [0.1, 0.15) is 24.5 Å². The molecule has 1 atom stereocenters. The Balaban J connectivity index is 1.78. The van der Waals surface area contributed by atoms with Gasteiger partial charge >= 0.3 is 0 Å². The van der Waals surface area contributed by atoms with E-state index in [1.54, 1.807) is 12.0 Å². The number of carbonyl (C=O) groups is 1. The maximum Gasteiger partial charge on any atom is 0.236 e. The third-order valence-corrected chi connectivity index (χ3v) is 4.94. The third kappa shape index (κ3) is 4.22. The van der Waals surface area contributed by atoms with Gasteiger partial charge in [-0.15, -0.1) is 0 Å². The van der Waals surface area contributed by atoms with Crippen molar-refractivity contribution in [3.8, 4) is 17.0 Å². The molecule has 3 rings (SSSR count). The quantitative estimate of drug-likeness (QED) is 0.829. The van der Waals surface area contributed by atoms with Gasteiger partial charge in [0.1, 0.15) is 5.75 Å². The van der Waals surface area contributed by atoms with Crippen molar-refractivity contribution in [3.63, 3.8) is 0 Å². The average molecular weight is 353 g/mol. The minimum Gasteiger partial charge on any atom is -0.496 e. The largest absolute Gasteiger partial charge is 0.496 e. The monoisotopic (exact) mass is 353 g/mol. The Morgan fingerprint density at radius 1 is 1.23 bits per heavy atom. The standard InChI is InChI=1S/C21H27N3O2/c1-23(2)21(25)15-24-13-7-8-16(14-24)18-10-6-11-19(22-18)17-9-4-5-12-20(17)26-3/h4-6,9-12,16H,7-8,13-15H2,1-3H3. The van der Waals surface area contributed by atoms with Crippen LogP contribution in [0.15, 0.2) is 42.5 Å². The lowest BCUT2D eigenvalue weighted by molar-refractivity contribution is -0.130. The lowest BCUT2D eigenvalue weighted by Crippen LogP contribution is -2.41. The second-order valence-electron chi connectivity index (χ2n) is 7.01. The molecule has 1 unspecified atom stereocenters. The van der Waals surface area contributed by atoms with Gasteiger partial charge < -0.3 is 9.64 Å². The van der Waals surface area contributed by atoms with Crippen molar-refractivity contribution in [2.45, 2.75) is 18.8 Å². The van der Waals surface area contributed by atoms with Crippen LogP contribution in [0.25, 0.3) is 11.3 Å². The topological polar surface area (TPSA) is 45.7 Å². The molecule has 1 aliphatic heterocycles. The number of pyridine rings is 1. The Labute approximate surface area is 155 Å². The lowest BCUT2D eigenvalue weighted by atomic mass is 9.93. The summed E-state index contributed by atoms with van der Waals surface area (Å²) in [6.07, 6.45) is 2.20. The minimum absolute atomic E-state index is 0.154. The Morgan fingerprint density at radius 2 is 2.04 bits per heavy atom. The van der Waals surface area contributed by atoms with E-state index in [0.717, 1.165) is 48.6 Å². The first-order valence-corrected chi connectivity index (χ1v) is 9.11. The molecule has 1 amide bonds. The lowest BCUT2D eigenvalue weighted by Gasteiger charge is -2.32. The van der Waals surface area contributed by atoms with Crippen molar-refractivity contribution in [3.05, 3.63) is 48.2 Å². The number of hydrogen-bond donors (Lipinski definition) is 0. The Bertz CT molecular complexity index is 760. The minimum atomic E-state index is 0.154. The van der Waals surface area contributed by atoms with E-state index in [1.807, 2.05) is 44.4 Å². The van der Waals surface area contributed by atoms with Gasteiger partial charge in [-0.2, -0.15) is 0 Å². The first-order valence-electron chi connectivity index (χ1n) is 9.11. The van der Waals surface area contributed by atoms with E-state index in [1.165, 1.54) is 0 Å². The number of benzene rings is 1. The number of carbonyl (C=O) groups excluding carboxylic acids is 1. The molecule has 1 aromatic carbocycles. The van der Waals surface area contributed by atoms with E-state index < -0.39 is 0 Å². The number of rotatable bonds is 5. The van der Waals surface area contributed by atoms with Gasteiger partial charge in [0.25, 0.3) is 0 Å². The molecule has 1 aromatic heterocycles. The Kier molecular flexibility index (Phi) is 5.89. The summed E-state index contributed by atoms with van der Waals surface area (Å²) in [6.45, 7) is 2.33. The summed E-state index contributed by atoms with van der Waals surface area (Å²) < 4.78 is 5.48. The number of nitrogens with zero attached hydrogens (tertiary/aromatic N) is 3. The first-order chi connectivity index (χ1) is 12.6. The fraction of sp³-hybridized carbons (Fsp3) is 0.429. The second-order valence-corrected chi connectivity index (χ2v) is 7.01. The maximum atomic E-state index is 12.0. The van der Waals surface area contributed by atoms with E-state index in [0.29, 0.717) is 12.5 Å². The van der Waals surface area contributed by atoms with Crippen LogP contribution in [0.4, 0.5) is 0 Å². The third-order valence-electron chi connectivity index (χ3n) is 4.94. The Hall–Kier alpha value is -2.40. The molecule has 1 fully saturated rings. The zero-order valence-corrected chi connectivity index (χ0v) is 15.8. The second kappa shape index (κ2) is 8.32. The molecular weight excluding hydrogens is 326 g/mol. The van der Waals surface area contributed by atoms with E-state index in [2.05, 4.69) is 17.0 Å². The highest BCUT2D eigenvalue weighted by Gasteiger charge is 2.24. The molecule has 0 saturated carbocycles. The summed E-state index contributed by atoms with van der Waals surface area (Å²) in [6, 6.07) is 14.1. The summed E-state index contributed by atoms with van der Waals surface area (Å²) >= 11 is 0. The molecule has 0 radical (unpaired) electrons. The van der Waals surface area contributed by atoms with Crippen LogP contribution in [0.2, 0.25) is 0 Å². The number of likely N-dealkylation sites (tertiary alicyclic amines) is 1. The number of piperidine rings is 1. The first kappa shape index (κ1) is 18.4. The molecule has 138 valence electrons. The van der Waals surface area contributed by atoms with Crippen molar-refractivity contribution in [1.82, 2.24) is 14.8 Å². The molecule has 26 heavy (non-hydrogen) atoms. The Morgan fingerprint density at radius 3 is 2.81 bits per heavy atom. The highest BCUT2D eigenvalue weighted by atomic mass is 16.5. The van der Waals surface area contributed by atoms with E-state index >= 15 is 0 Å². The average Bonchev–Trinajstić information content (AvgIpc) is 2.68. The molecule has 1 aliphatic rings. The van der Waals surface area contributed by atoms with Gasteiger partial charge in [-0.3, -0.25) is 14.7 Å². The van der Waals surface area contributed by atoms with Gasteiger partial charge in [0.2, 0.25) is 5.91 Å². The summed E-state index contributed by atoms with van der Waals surface area (Å²) in [5.74, 6) is 1.34. The fourth-order valence-electron chi connectivity index (χ4n) is 3.46. The van der Waals surface area contributed by atoms with Crippen LogP contribution in [0, 0.1) is 0 Å². The molecular formula is C21H27N3O2. The van der Waals surface area contributed by atoms with Gasteiger partial charge in [0.05, 0.1) is 19.3 Å². The number of aromatic nitrogens is 1. The van der Waals surface area contributed by atoms with E-state index in [-0.39, 0.29) is 5.91 Å². The highest BCUT2D eigenvalue weighted by molar-refractivity contribution is 5.77. The summed E-state index contributed by atoms with van der Waals surface area (Å²) in [4.78, 5) is 20.8. The van der Waals surface area contributed by atoms with Gasteiger partial charge in [0.15, 0.2) is 0 Å². The predicted octanol–water partition coefficient (Wildman–Crippen LogP) is 3.02. The van der Waals surface area contributed by atoms with Crippen LogP contribution in [-0.2, 0) is 4.79 Å². The number of likely N-dealkylation sites (N-methyl/N-ethyl adjacent to an activating group) is 1. The van der Waals surface area contributed by atoms with Gasteiger partial charge in [-0.1, -0.05) is 18.2 Å². The molecule has 0 aliphatic carbocycles. The predicted molar refractivity (Wildman–Crippen MR) is 103 cm³/mol. The summed E-state index contributed by atoms with van der Waals surface area (Å²) in [5, 5.41) is 0. The van der Waals surface area contributed by atoms with E-state index in [4.69, 9.17) is 9.72 Å². The van der Waals surface area contributed by atoms with Crippen LogP contribution in [-0.4, -0.2) is 61.5 Å². The van der Waals surface area contributed by atoms with Crippen LogP contribution >= 0.6 is 0 Å². The number of ether oxygens (including phenoxy) is 1. The van der Waals surface area contributed by atoms with Crippen molar-refractivity contribution in [2.24, 2.45) is 0 Å². The molecule has 5 nitrogen and oxygen atoms in total. The molecule has 2 aromatic rings. The SMILES string of the molecule is COc1ccccc1-c1cccc(C2CCCN(CC(=O)N(C)C)C2)n1. The molecule has 0 bridgehead atoms. The molecule has 1 saturated heterocycles. The number of methoxy groups -OCH3 is 1. The summed E-state index contributed by atoms with van der Waals surface area (Å²) in [5.41, 5.74) is 3.03. The van der Waals surface area contributed by atoms with E-state index in [9.17, 15) is 4.79 Å². The molecule has 0 N–H and O–H groups in total. The molecule has 5 heteroatoms. The number of para-hydroxylation sites is 1. The number of amides is 1. The van der Waals surface area contributed by atoms with Crippen LogP contribution < -0.4 is 4.74 Å². The smallest absolute Gasteiger partial charge is 0.236 e.